The molecule has 3 nitrogen and oxygen atoms in total. The van der Waals surface area contributed by atoms with Crippen molar-refractivity contribution in [1.29, 1.82) is 0 Å². The molecular formula is C10H19NO2. The van der Waals surface area contributed by atoms with Gasteiger partial charge in [0.15, 0.2) is 0 Å². The first-order valence-electron chi connectivity index (χ1n) is 4.78. The highest BCUT2D eigenvalue weighted by molar-refractivity contribution is 5.82. The van der Waals surface area contributed by atoms with E-state index >= 15 is 0 Å². The summed E-state index contributed by atoms with van der Waals surface area (Å²) >= 11 is 0. The number of hydrogen-bond donors (Lipinski definition) is 1. The van der Waals surface area contributed by atoms with Crippen LogP contribution in [0.15, 0.2) is 0 Å². The van der Waals surface area contributed by atoms with Gasteiger partial charge in [-0.1, -0.05) is 20.8 Å². The third-order valence-corrected chi connectivity index (χ3v) is 2.45. The van der Waals surface area contributed by atoms with E-state index in [1.54, 1.807) is 0 Å². The van der Waals surface area contributed by atoms with Crippen LogP contribution >= 0.6 is 0 Å². The molecule has 1 N–H and O–H groups in total. The van der Waals surface area contributed by atoms with E-state index in [2.05, 4.69) is 5.32 Å². The summed E-state index contributed by atoms with van der Waals surface area (Å²) in [4.78, 5) is 11.6. The quantitative estimate of drug-likeness (QED) is 0.618. The molecule has 0 saturated carbocycles. The van der Waals surface area contributed by atoms with E-state index in [0.717, 1.165) is 0 Å². The predicted octanol–water partition coefficient (Wildman–Crippen LogP) is 1.32. The molecule has 1 saturated heterocycles. The van der Waals surface area contributed by atoms with E-state index in [-0.39, 0.29) is 29.6 Å². The first-order valence-corrected chi connectivity index (χ1v) is 4.78. The van der Waals surface area contributed by atoms with Crippen molar-refractivity contribution in [2.75, 3.05) is 0 Å². The van der Waals surface area contributed by atoms with Crippen LogP contribution in [0, 0.1) is 5.41 Å². The molecule has 0 aromatic rings. The van der Waals surface area contributed by atoms with Crippen molar-refractivity contribution < 1.29 is 9.53 Å². The van der Waals surface area contributed by atoms with E-state index in [9.17, 15) is 4.79 Å². The second-order valence-corrected chi connectivity index (χ2v) is 4.88. The van der Waals surface area contributed by atoms with E-state index in [1.165, 1.54) is 0 Å². The van der Waals surface area contributed by atoms with Gasteiger partial charge in [0.25, 0.3) is 0 Å². The molecule has 76 valence electrons. The molecule has 0 aromatic heterocycles. The van der Waals surface area contributed by atoms with Crippen molar-refractivity contribution in [3.05, 3.63) is 0 Å². The van der Waals surface area contributed by atoms with Crippen molar-refractivity contribution in [3.63, 3.8) is 0 Å². The Hall–Kier alpha value is -0.570. The second kappa shape index (κ2) is 3.29. The predicted molar refractivity (Wildman–Crippen MR) is 51.4 cm³/mol. The van der Waals surface area contributed by atoms with Gasteiger partial charge >= 0.3 is 0 Å². The molecule has 3 unspecified atom stereocenters. The van der Waals surface area contributed by atoms with Crippen LogP contribution in [0.3, 0.4) is 0 Å². The van der Waals surface area contributed by atoms with E-state index in [1.807, 2.05) is 34.6 Å². The summed E-state index contributed by atoms with van der Waals surface area (Å²) in [7, 11) is 0. The van der Waals surface area contributed by atoms with Crippen LogP contribution < -0.4 is 5.32 Å². The Morgan fingerprint density at radius 1 is 1.31 bits per heavy atom. The molecule has 13 heavy (non-hydrogen) atoms. The Morgan fingerprint density at radius 3 is 2.31 bits per heavy atom. The Bertz CT molecular complexity index is 207. The minimum Gasteiger partial charge on any atom is -0.363 e. The van der Waals surface area contributed by atoms with Gasteiger partial charge in [-0.25, -0.2) is 0 Å². The summed E-state index contributed by atoms with van der Waals surface area (Å²) < 4.78 is 5.66. The lowest BCUT2D eigenvalue weighted by molar-refractivity contribution is -0.158. The number of hydrogen-bond acceptors (Lipinski definition) is 2. The molecule has 1 heterocycles. The van der Waals surface area contributed by atoms with E-state index in [4.69, 9.17) is 4.74 Å². The van der Waals surface area contributed by atoms with Crippen LogP contribution in [0.4, 0.5) is 0 Å². The highest BCUT2D eigenvalue weighted by atomic mass is 16.5. The maximum atomic E-state index is 11.6. The first-order chi connectivity index (χ1) is 5.82. The van der Waals surface area contributed by atoms with Crippen molar-refractivity contribution in [3.8, 4) is 0 Å². The number of amides is 1. The normalized spacial score (nSPS) is 35.8. The number of morpholine rings is 1. The minimum absolute atomic E-state index is 0.0121. The lowest BCUT2D eigenvalue weighted by atomic mass is 9.87. The molecule has 1 fully saturated rings. The van der Waals surface area contributed by atoms with Crippen LogP contribution in [0.5, 0.6) is 0 Å². The fourth-order valence-corrected chi connectivity index (χ4v) is 1.41. The maximum Gasteiger partial charge on any atom is 0.249 e. The van der Waals surface area contributed by atoms with Crippen LogP contribution in [-0.4, -0.2) is 24.2 Å². The zero-order chi connectivity index (χ0) is 10.2. The average molecular weight is 185 g/mol. The highest BCUT2D eigenvalue weighted by Gasteiger charge is 2.39. The third-order valence-electron chi connectivity index (χ3n) is 2.45. The van der Waals surface area contributed by atoms with E-state index in [0.29, 0.717) is 0 Å². The largest absolute Gasteiger partial charge is 0.363 e. The Labute approximate surface area is 79.8 Å². The third kappa shape index (κ3) is 2.21. The van der Waals surface area contributed by atoms with Gasteiger partial charge in [-0.15, -0.1) is 0 Å². The SMILES string of the molecule is CC1NC(=O)C(C(C)(C)C)OC1C. The van der Waals surface area contributed by atoms with Crippen LogP contribution in [0.2, 0.25) is 0 Å². The van der Waals surface area contributed by atoms with Gasteiger partial charge in [0.2, 0.25) is 5.91 Å². The fourth-order valence-electron chi connectivity index (χ4n) is 1.41. The molecule has 1 amide bonds. The maximum absolute atomic E-state index is 11.6. The van der Waals surface area contributed by atoms with Crippen molar-refractivity contribution in [1.82, 2.24) is 5.32 Å². The van der Waals surface area contributed by atoms with Crippen LogP contribution in [-0.2, 0) is 9.53 Å². The molecule has 3 atom stereocenters. The molecular weight excluding hydrogens is 166 g/mol. The van der Waals surface area contributed by atoms with Gasteiger partial charge in [-0.05, 0) is 19.3 Å². The summed E-state index contributed by atoms with van der Waals surface area (Å²) in [6, 6.07) is 0.117. The average Bonchev–Trinajstić information content (AvgIpc) is 1.94. The topological polar surface area (TPSA) is 38.3 Å². The molecule has 1 rings (SSSR count). The molecule has 0 spiro atoms. The Morgan fingerprint density at radius 2 is 1.85 bits per heavy atom. The number of carbonyl (C=O) groups is 1. The molecule has 0 aromatic carbocycles. The zero-order valence-corrected chi connectivity index (χ0v) is 9.05. The lowest BCUT2D eigenvalue weighted by Crippen LogP contribution is -2.57. The first kappa shape index (κ1) is 10.5. The molecule has 0 aliphatic carbocycles. The van der Waals surface area contributed by atoms with Gasteiger partial charge in [0.1, 0.15) is 6.10 Å². The molecule has 0 radical (unpaired) electrons. The summed E-state index contributed by atoms with van der Waals surface area (Å²) in [5, 5.41) is 2.92. The standard InChI is InChI=1S/C10H19NO2/c1-6-7(2)13-8(9(12)11-6)10(3,4)5/h6-8H,1-5H3,(H,11,12). The van der Waals surface area contributed by atoms with Gasteiger partial charge in [0.05, 0.1) is 12.1 Å². The number of nitrogens with one attached hydrogen (secondary N) is 1. The molecule has 1 aliphatic rings. The Kier molecular flexibility index (Phi) is 2.66. The van der Waals surface area contributed by atoms with Crippen LogP contribution in [0.1, 0.15) is 34.6 Å². The van der Waals surface area contributed by atoms with Crippen molar-refractivity contribution in [2.24, 2.45) is 5.41 Å². The summed E-state index contributed by atoms with van der Waals surface area (Å²) in [6.45, 7) is 9.99. The fraction of sp³-hybridized carbons (Fsp3) is 0.900. The van der Waals surface area contributed by atoms with Crippen molar-refractivity contribution in [2.45, 2.75) is 52.9 Å². The minimum atomic E-state index is -0.321. The number of ether oxygens (including phenoxy) is 1. The summed E-state index contributed by atoms with van der Waals surface area (Å²) in [5.74, 6) is 0.0121. The zero-order valence-electron chi connectivity index (χ0n) is 9.05. The van der Waals surface area contributed by atoms with E-state index < -0.39 is 0 Å². The molecule has 1 aliphatic heterocycles. The monoisotopic (exact) mass is 185 g/mol. The van der Waals surface area contributed by atoms with Gasteiger partial charge < -0.3 is 10.1 Å². The lowest BCUT2D eigenvalue weighted by Gasteiger charge is -2.39. The van der Waals surface area contributed by atoms with Gasteiger partial charge in [-0.3, -0.25) is 4.79 Å². The van der Waals surface area contributed by atoms with Crippen molar-refractivity contribution >= 4 is 5.91 Å². The molecule has 3 heteroatoms. The van der Waals surface area contributed by atoms with Crippen LogP contribution in [0.25, 0.3) is 0 Å². The smallest absolute Gasteiger partial charge is 0.249 e. The van der Waals surface area contributed by atoms with Gasteiger partial charge in [-0.2, -0.15) is 0 Å². The Balaban J connectivity index is 2.73. The molecule has 0 bridgehead atoms. The van der Waals surface area contributed by atoms with Gasteiger partial charge in [0, 0.05) is 0 Å². The second-order valence-electron chi connectivity index (χ2n) is 4.88. The highest BCUT2D eigenvalue weighted by Crippen LogP contribution is 2.26. The summed E-state index contributed by atoms with van der Waals surface area (Å²) in [5.41, 5.74) is -0.127. The number of carbonyl (C=O) groups excluding carboxylic acids is 1. The summed E-state index contributed by atoms with van der Waals surface area (Å²) in [6.07, 6.45) is -0.222. The number of rotatable bonds is 0.